The first-order chi connectivity index (χ1) is 9.95. The Balaban J connectivity index is 3.04. The largest absolute Gasteiger partial charge is 0.491 e. The Bertz CT molecular complexity index is 518. The summed E-state index contributed by atoms with van der Waals surface area (Å²) in [7, 11) is 0. The first kappa shape index (κ1) is 17.7. The van der Waals surface area contributed by atoms with Crippen LogP contribution in [0.4, 0.5) is 11.4 Å². The normalized spacial score (nSPS) is 10.1. The van der Waals surface area contributed by atoms with Crippen molar-refractivity contribution in [2.75, 3.05) is 17.2 Å². The van der Waals surface area contributed by atoms with Crippen molar-refractivity contribution in [1.82, 2.24) is 0 Å². The molecule has 0 fully saturated rings. The molecule has 0 aliphatic carbocycles. The minimum absolute atomic E-state index is 0.192. The average molecular weight is 404 g/mol. The van der Waals surface area contributed by atoms with E-state index in [1.807, 2.05) is 12.1 Å². The number of amides is 2. The lowest BCUT2D eigenvalue weighted by atomic mass is 10.2. The molecular weight excluding hydrogens is 383 g/mol. The molecule has 5 nitrogen and oxygen atoms in total. The first-order valence-electron chi connectivity index (χ1n) is 6.96. The second-order valence-corrected chi connectivity index (χ2v) is 5.88. The van der Waals surface area contributed by atoms with Crippen LogP contribution in [-0.2, 0) is 9.59 Å². The fraction of sp³-hybridized carbons (Fsp3) is 0.467. The maximum atomic E-state index is 11.4. The van der Waals surface area contributed by atoms with Gasteiger partial charge in [0.05, 0.1) is 12.3 Å². The standard InChI is InChI=1S/C15H21IN2O3/c1-4-5-6-9-21-13-8-7-12(16)14(17-10(2)19)15(13)18-11(3)20/h7-8H,4-6,9H2,1-3H3,(H,17,19)(H,18,20). The van der Waals surface area contributed by atoms with Crippen molar-refractivity contribution in [3.8, 4) is 5.75 Å². The molecule has 0 saturated carbocycles. The van der Waals surface area contributed by atoms with Crippen molar-refractivity contribution >= 4 is 45.8 Å². The second kappa shape index (κ2) is 8.86. The Morgan fingerprint density at radius 2 is 1.71 bits per heavy atom. The van der Waals surface area contributed by atoms with Crippen LogP contribution in [0.1, 0.15) is 40.0 Å². The zero-order chi connectivity index (χ0) is 15.8. The van der Waals surface area contributed by atoms with Crippen LogP contribution in [0.5, 0.6) is 5.75 Å². The van der Waals surface area contributed by atoms with Crippen LogP contribution in [0.25, 0.3) is 0 Å². The lowest BCUT2D eigenvalue weighted by Crippen LogP contribution is -2.15. The highest BCUT2D eigenvalue weighted by atomic mass is 127. The van der Waals surface area contributed by atoms with E-state index in [0.29, 0.717) is 23.7 Å². The fourth-order valence-electron chi connectivity index (χ4n) is 1.81. The number of benzene rings is 1. The van der Waals surface area contributed by atoms with Crippen molar-refractivity contribution in [3.05, 3.63) is 15.7 Å². The molecule has 0 aliphatic rings. The van der Waals surface area contributed by atoms with Crippen molar-refractivity contribution in [3.63, 3.8) is 0 Å². The number of carbonyl (C=O) groups is 2. The van der Waals surface area contributed by atoms with E-state index in [1.165, 1.54) is 13.8 Å². The highest BCUT2D eigenvalue weighted by Gasteiger charge is 2.15. The Morgan fingerprint density at radius 3 is 2.29 bits per heavy atom. The molecule has 116 valence electrons. The molecule has 2 N–H and O–H groups in total. The molecule has 0 unspecified atom stereocenters. The maximum absolute atomic E-state index is 11.4. The van der Waals surface area contributed by atoms with Gasteiger partial charge in [-0.3, -0.25) is 9.59 Å². The van der Waals surface area contributed by atoms with Crippen molar-refractivity contribution in [2.24, 2.45) is 0 Å². The Labute approximate surface area is 139 Å². The summed E-state index contributed by atoms with van der Waals surface area (Å²) in [5.74, 6) is 0.176. The number of halogens is 1. The van der Waals surface area contributed by atoms with Crippen molar-refractivity contribution in [2.45, 2.75) is 40.0 Å². The predicted molar refractivity (Wildman–Crippen MR) is 92.8 cm³/mol. The Kier molecular flexibility index (Phi) is 7.49. The zero-order valence-electron chi connectivity index (χ0n) is 12.6. The van der Waals surface area contributed by atoms with E-state index >= 15 is 0 Å². The molecule has 0 radical (unpaired) electrons. The molecule has 0 saturated heterocycles. The number of unbranched alkanes of at least 4 members (excludes halogenated alkanes) is 2. The van der Waals surface area contributed by atoms with Gasteiger partial charge in [-0.25, -0.2) is 0 Å². The van der Waals surface area contributed by atoms with Crippen molar-refractivity contribution < 1.29 is 14.3 Å². The topological polar surface area (TPSA) is 67.4 Å². The summed E-state index contributed by atoms with van der Waals surface area (Å²) in [6.07, 6.45) is 3.17. The summed E-state index contributed by atoms with van der Waals surface area (Å²) < 4.78 is 6.59. The van der Waals surface area contributed by atoms with Crippen molar-refractivity contribution in [1.29, 1.82) is 0 Å². The van der Waals surface area contributed by atoms with Gasteiger partial charge in [0.15, 0.2) is 0 Å². The van der Waals surface area contributed by atoms with Gasteiger partial charge in [-0.15, -0.1) is 0 Å². The Morgan fingerprint density at radius 1 is 1.10 bits per heavy atom. The van der Waals surface area contributed by atoms with Crippen LogP contribution in [0.3, 0.4) is 0 Å². The van der Waals surface area contributed by atoms with Gasteiger partial charge in [0.2, 0.25) is 11.8 Å². The molecule has 0 aromatic heterocycles. The summed E-state index contributed by atoms with van der Waals surface area (Å²) in [6, 6.07) is 3.66. The van der Waals surface area contributed by atoms with E-state index in [-0.39, 0.29) is 11.8 Å². The van der Waals surface area contributed by atoms with Gasteiger partial charge >= 0.3 is 0 Å². The summed E-state index contributed by atoms with van der Waals surface area (Å²) in [4.78, 5) is 22.8. The maximum Gasteiger partial charge on any atom is 0.221 e. The summed E-state index contributed by atoms with van der Waals surface area (Å²) in [5, 5.41) is 5.49. The van der Waals surface area contributed by atoms with E-state index in [4.69, 9.17) is 4.74 Å². The van der Waals surface area contributed by atoms with Gasteiger partial charge in [0.25, 0.3) is 0 Å². The van der Waals surface area contributed by atoms with Crippen LogP contribution in [0, 0.1) is 3.57 Å². The van der Waals surface area contributed by atoms with Gasteiger partial charge in [0.1, 0.15) is 11.4 Å². The molecule has 0 atom stereocenters. The van der Waals surface area contributed by atoms with Crippen LogP contribution >= 0.6 is 22.6 Å². The van der Waals surface area contributed by atoms with E-state index in [1.54, 1.807) is 0 Å². The number of hydrogen-bond acceptors (Lipinski definition) is 3. The van der Waals surface area contributed by atoms with Gasteiger partial charge in [-0.1, -0.05) is 19.8 Å². The second-order valence-electron chi connectivity index (χ2n) is 4.71. The molecule has 0 aliphatic heterocycles. The molecular formula is C15H21IN2O3. The number of ether oxygens (including phenoxy) is 1. The van der Waals surface area contributed by atoms with E-state index in [9.17, 15) is 9.59 Å². The average Bonchev–Trinajstić information content (AvgIpc) is 2.40. The lowest BCUT2D eigenvalue weighted by Gasteiger charge is -2.17. The fourth-order valence-corrected chi connectivity index (χ4v) is 2.40. The molecule has 21 heavy (non-hydrogen) atoms. The van der Waals surface area contributed by atoms with E-state index < -0.39 is 0 Å². The third-order valence-corrected chi connectivity index (χ3v) is 3.62. The van der Waals surface area contributed by atoms with E-state index in [2.05, 4.69) is 40.1 Å². The summed E-state index contributed by atoms with van der Waals surface area (Å²) >= 11 is 2.11. The molecule has 0 spiro atoms. The molecule has 0 bridgehead atoms. The minimum atomic E-state index is -0.206. The minimum Gasteiger partial charge on any atom is -0.491 e. The zero-order valence-corrected chi connectivity index (χ0v) is 14.7. The van der Waals surface area contributed by atoms with Gasteiger partial charge in [-0.05, 0) is 41.1 Å². The van der Waals surface area contributed by atoms with Crippen LogP contribution in [0.2, 0.25) is 0 Å². The number of rotatable bonds is 7. The predicted octanol–water partition coefficient (Wildman–Crippen LogP) is 3.78. The quantitative estimate of drug-likeness (QED) is 0.537. The molecule has 1 rings (SSSR count). The monoisotopic (exact) mass is 404 g/mol. The molecule has 2 amide bonds. The highest BCUT2D eigenvalue weighted by molar-refractivity contribution is 14.1. The molecule has 6 heteroatoms. The summed E-state index contributed by atoms with van der Waals surface area (Å²) in [5.41, 5.74) is 1.09. The third kappa shape index (κ3) is 5.91. The van der Waals surface area contributed by atoms with Crippen LogP contribution in [-0.4, -0.2) is 18.4 Å². The number of hydrogen-bond donors (Lipinski definition) is 2. The van der Waals surface area contributed by atoms with Gasteiger partial charge < -0.3 is 15.4 Å². The SMILES string of the molecule is CCCCCOc1ccc(I)c(NC(C)=O)c1NC(C)=O. The smallest absolute Gasteiger partial charge is 0.221 e. The number of carbonyl (C=O) groups excluding carboxylic acids is 2. The summed E-state index contributed by atoms with van der Waals surface area (Å²) in [6.45, 7) is 5.57. The number of anilines is 2. The third-order valence-electron chi connectivity index (χ3n) is 2.72. The van der Waals surface area contributed by atoms with Crippen LogP contribution in [0.15, 0.2) is 12.1 Å². The van der Waals surface area contributed by atoms with Gasteiger partial charge in [0, 0.05) is 17.4 Å². The molecule has 0 heterocycles. The number of nitrogens with one attached hydrogen (secondary N) is 2. The molecule has 1 aromatic rings. The van der Waals surface area contributed by atoms with Gasteiger partial charge in [-0.2, -0.15) is 0 Å². The Hall–Kier alpha value is -1.31. The van der Waals surface area contributed by atoms with Crippen LogP contribution < -0.4 is 15.4 Å². The van der Waals surface area contributed by atoms with E-state index in [0.717, 1.165) is 22.8 Å². The first-order valence-corrected chi connectivity index (χ1v) is 8.04. The molecule has 1 aromatic carbocycles. The lowest BCUT2D eigenvalue weighted by molar-refractivity contribution is -0.115. The highest BCUT2D eigenvalue weighted by Crippen LogP contribution is 2.36.